The zero-order valence-electron chi connectivity index (χ0n) is 11.7. The van der Waals surface area contributed by atoms with E-state index in [0.717, 1.165) is 5.56 Å². The summed E-state index contributed by atoms with van der Waals surface area (Å²) in [4.78, 5) is 14.5. The van der Waals surface area contributed by atoms with Crippen molar-refractivity contribution in [3.8, 4) is 5.75 Å². The van der Waals surface area contributed by atoms with Crippen molar-refractivity contribution in [3.05, 3.63) is 50.9 Å². The van der Waals surface area contributed by atoms with Gasteiger partial charge in [0.1, 0.15) is 0 Å². The van der Waals surface area contributed by atoms with Gasteiger partial charge in [0.25, 0.3) is 0 Å². The summed E-state index contributed by atoms with van der Waals surface area (Å²) in [5, 5.41) is 0. The molecule has 2 aromatic rings. The Morgan fingerprint density at radius 2 is 2.14 bits per heavy atom. The van der Waals surface area contributed by atoms with E-state index in [1.165, 1.54) is 24.5 Å². The van der Waals surface area contributed by atoms with Crippen molar-refractivity contribution in [3.63, 3.8) is 0 Å². The maximum absolute atomic E-state index is 13.6. The Labute approximate surface area is 131 Å². The van der Waals surface area contributed by atoms with Crippen LogP contribution in [0.4, 0.5) is 4.39 Å². The first-order valence-corrected chi connectivity index (χ1v) is 7.48. The summed E-state index contributed by atoms with van der Waals surface area (Å²) in [7, 11) is 3.24. The van der Waals surface area contributed by atoms with Crippen LogP contribution in [-0.4, -0.2) is 31.4 Å². The van der Waals surface area contributed by atoms with Crippen LogP contribution in [0.15, 0.2) is 30.3 Å². The summed E-state index contributed by atoms with van der Waals surface area (Å²) in [6.45, 7) is 0.732. The van der Waals surface area contributed by atoms with E-state index in [1.807, 2.05) is 11.9 Å². The Morgan fingerprint density at radius 3 is 2.71 bits per heavy atom. The van der Waals surface area contributed by atoms with Gasteiger partial charge in [0.05, 0.1) is 22.9 Å². The molecule has 0 unspecified atom stereocenters. The SMILES string of the molecule is COc1ccc(CN(C)CC(=O)c2ccc(Cl)s2)cc1F. The standard InChI is InChI=1S/C15H15ClFNO2S/c1-18(9-12(19)14-5-6-15(16)21-14)8-10-3-4-13(20-2)11(17)7-10/h3-7H,8-9H2,1-2H3. The molecule has 0 bridgehead atoms. The predicted octanol–water partition coefficient (Wildman–Crippen LogP) is 3.86. The van der Waals surface area contributed by atoms with Gasteiger partial charge in [-0.05, 0) is 36.9 Å². The molecule has 0 atom stereocenters. The molecular weight excluding hydrogens is 313 g/mol. The molecule has 0 spiro atoms. The lowest BCUT2D eigenvalue weighted by Crippen LogP contribution is -2.25. The smallest absolute Gasteiger partial charge is 0.186 e. The van der Waals surface area contributed by atoms with E-state index in [9.17, 15) is 9.18 Å². The summed E-state index contributed by atoms with van der Waals surface area (Å²) < 4.78 is 19.1. The van der Waals surface area contributed by atoms with E-state index in [4.69, 9.17) is 16.3 Å². The number of rotatable bonds is 6. The first-order valence-electron chi connectivity index (χ1n) is 6.29. The van der Waals surface area contributed by atoms with Crippen molar-refractivity contribution < 1.29 is 13.9 Å². The summed E-state index contributed by atoms with van der Waals surface area (Å²) in [5.41, 5.74) is 0.785. The molecule has 0 amide bonds. The second-order valence-corrected chi connectivity index (χ2v) is 6.38. The molecule has 0 saturated heterocycles. The van der Waals surface area contributed by atoms with Gasteiger partial charge in [-0.15, -0.1) is 11.3 Å². The van der Waals surface area contributed by atoms with Gasteiger partial charge in [-0.25, -0.2) is 4.39 Å². The molecule has 0 fully saturated rings. The van der Waals surface area contributed by atoms with Crippen molar-refractivity contribution in [2.45, 2.75) is 6.54 Å². The second-order valence-electron chi connectivity index (χ2n) is 4.67. The van der Waals surface area contributed by atoms with E-state index in [0.29, 0.717) is 15.8 Å². The fourth-order valence-electron chi connectivity index (χ4n) is 1.96. The largest absolute Gasteiger partial charge is 0.494 e. The third-order valence-electron chi connectivity index (χ3n) is 2.93. The highest BCUT2D eigenvalue weighted by Gasteiger charge is 2.13. The number of hydrogen-bond acceptors (Lipinski definition) is 4. The number of ketones is 1. The van der Waals surface area contributed by atoms with Gasteiger partial charge >= 0.3 is 0 Å². The Morgan fingerprint density at radius 1 is 1.38 bits per heavy atom. The molecule has 3 nitrogen and oxygen atoms in total. The number of hydrogen-bond donors (Lipinski definition) is 0. The quantitative estimate of drug-likeness (QED) is 0.754. The van der Waals surface area contributed by atoms with E-state index < -0.39 is 5.82 Å². The molecule has 0 aliphatic heterocycles. The second kappa shape index (κ2) is 7.02. The number of likely N-dealkylation sites (N-methyl/N-ethyl adjacent to an activating group) is 1. The monoisotopic (exact) mass is 327 g/mol. The number of nitrogens with zero attached hydrogens (tertiary/aromatic N) is 1. The highest BCUT2D eigenvalue weighted by molar-refractivity contribution is 7.18. The van der Waals surface area contributed by atoms with Gasteiger partial charge < -0.3 is 4.74 Å². The lowest BCUT2D eigenvalue weighted by Gasteiger charge is -2.15. The fourth-order valence-corrected chi connectivity index (χ4v) is 2.94. The maximum Gasteiger partial charge on any atom is 0.186 e. The maximum atomic E-state index is 13.6. The van der Waals surface area contributed by atoms with E-state index >= 15 is 0 Å². The summed E-state index contributed by atoms with van der Waals surface area (Å²) in [5.74, 6) is -0.186. The number of benzene rings is 1. The number of Topliss-reactive ketones (excluding diaryl/α,β-unsaturated/α-hetero) is 1. The molecule has 0 N–H and O–H groups in total. The summed E-state index contributed by atoms with van der Waals surface area (Å²) >= 11 is 7.08. The minimum atomic E-state index is -0.403. The number of carbonyl (C=O) groups excluding carboxylic acids is 1. The molecule has 0 saturated carbocycles. The number of carbonyl (C=O) groups is 1. The van der Waals surface area contributed by atoms with Crippen molar-refractivity contribution in [1.82, 2.24) is 4.90 Å². The average Bonchev–Trinajstić information content (AvgIpc) is 2.85. The molecule has 112 valence electrons. The van der Waals surface area contributed by atoms with E-state index in [1.54, 1.807) is 24.3 Å². The van der Waals surface area contributed by atoms with Crippen molar-refractivity contribution in [2.24, 2.45) is 0 Å². The van der Waals surface area contributed by atoms with Gasteiger partial charge in [0, 0.05) is 6.54 Å². The Hall–Kier alpha value is -1.43. The van der Waals surface area contributed by atoms with Crippen LogP contribution in [0.3, 0.4) is 0 Å². The number of thiophene rings is 1. The minimum Gasteiger partial charge on any atom is -0.494 e. The first kappa shape index (κ1) is 15.9. The average molecular weight is 328 g/mol. The Balaban J connectivity index is 1.96. The van der Waals surface area contributed by atoms with E-state index in [-0.39, 0.29) is 18.1 Å². The zero-order valence-corrected chi connectivity index (χ0v) is 13.3. The van der Waals surface area contributed by atoms with Gasteiger partial charge in [-0.2, -0.15) is 0 Å². The molecule has 1 heterocycles. The van der Waals surface area contributed by atoms with Crippen LogP contribution in [0.1, 0.15) is 15.2 Å². The summed E-state index contributed by atoms with van der Waals surface area (Å²) in [6, 6.07) is 8.21. The molecule has 2 rings (SSSR count). The van der Waals surface area contributed by atoms with Crippen molar-refractivity contribution in [1.29, 1.82) is 0 Å². The van der Waals surface area contributed by atoms with Crippen LogP contribution in [0.2, 0.25) is 4.34 Å². The van der Waals surface area contributed by atoms with Gasteiger partial charge in [-0.1, -0.05) is 17.7 Å². The molecule has 0 radical (unpaired) electrons. The minimum absolute atomic E-state index is 0.00313. The van der Waals surface area contributed by atoms with Gasteiger partial charge in [0.2, 0.25) is 0 Å². The lowest BCUT2D eigenvalue weighted by molar-refractivity contribution is 0.0947. The topological polar surface area (TPSA) is 29.5 Å². The molecule has 1 aromatic heterocycles. The van der Waals surface area contributed by atoms with Crippen molar-refractivity contribution >= 4 is 28.7 Å². The highest BCUT2D eigenvalue weighted by Crippen LogP contribution is 2.22. The Bertz CT molecular complexity index is 644. The van der Waals surface area contributed by atoms with Crippen LogP contribution in [0.5, 0.6) is 5.75 Å². The number of ether oxygens (including phenoxy) is 1. The van der Waals surface area contributed by atoms with Crippen LogP contribution in [0, 0.1) is 5.82 Å². The third-order valence-corrected chi connectivity index (χ3v) is 4.20. The highest BCUT2D eigenvalue weighted by atomic mass is 35.5. The predicted molar refractivity (Wildman–Crippen MR) is 82.9 cm³/mol. The summed E-state index contributed by atoms with van der Waals surface area (Å²) in [6.07, 6.45) is 0. The molecule has 6 heteroatoms. The first-order chi connectivity index (χ1) is 9.99. The number of methoxy groups -OCH3 is 1. The zero-order chi connectivity index (χ0) is 15.4. The van der Waals surface area contributed by atoms with Crippen LogP contribution in [-0.2, 0) is 6.54 Å². The van der Waals surface area contributed by atoms with Crippen molar-refractivity contribution in [2.75, 3.05) is 20.7 Å². The Kier molecular flexibility index (Phi) is 5.33. The number of halogens is 2. The van der Waals surface area contributed by atoms with E-state index in [2.05, 4.69) is 0 Å². The molecule has 1 aromatic carbocycles. The molecule has 0 aliphatic rings. The van der Waals surface area contributed by atoms with Crippen LogP contribution >= 0.6 is 22.9 Å². The normalized spacial score (nSPS) is 10.9. The molecule has 0 aliphatic carbocycles. The van der Waals surface area contributed by atoms with Crippen LogP contribution < -0.4 is 4.74 Å². The lowest BCUT2D eigenvalue weighted by atomic mass is 10.2. The third kappa shape index (κ3) is 4.27. The molecular formula is C15H15ClFNO2S. The van der Waals surface area contributed by atoms with Gasteiger partial charge in [0.15, 0.2) is 17.3 Å². The van der Waals surface area contributed by atoms with Gasteiger partial charge in [-0.3, -0.25) is 9.69 Å². The fraction of sp³-hybridized carbons (Fsp3) is 0.267. The molecule has 21 heavy (non-hydrogen) atoms. The van der Waals surface area contributed by atoms with Crippen LogP contribution in [0.25, 0.3) is 0 Å².